The van der Waals surface area contributed by atoms with Crippen molar-refractivity contribution >= 4 is 0 Å². The predicted molar refractivity (Wildman–Crippen MR) is 108 cm³/mol. The van der Waals surface area contributed by atoms with Gasteiger partial charge in [0, 0.05) is 12.2 Å². The average Bonchev–Trinajstić information content (AvgIpc) is 2.92. The molecule has 0 heterocycles. The predicted octanol–water partition coefficient (Wildman–Crippen LogP) is 6.78. The molecule has 2 aromatic carbocycles. The second kappa shape index (κ2) is 8.71. The lowest BCUT2D eigenvalue weighted by atomic mass is 9.96. The number of hydrogen-bond donors (Lipinski definition) is 0. The molecule has 25 heavy (non-hydrogen) atoms. The van der Waals surface area contributed by atoms with Gasteiger partial charge < -0.3 is 4.90 Å². The van der Waals surface area contributed by atoms with Gasteiger partial charge in [-0.15, -0.1) is 0 Å². The zero-order valence-corrected chi connectivity index (χ0v) is 15.3. The third kappa shape index (κ3) is 4.42. The first kappa shape index (κ1) is 17.5. The molecule has 0 saturated heterocycles. The molecule has 1 unspecified atom stereocenters. The summed E-state index contributed by atoms with van der Waals surface area (Å²) in [6, 6.07) is 19.5. The van der Waals surface area contributed by atoms with Crippen LogP contribution in [0.2, 0.25) is 0 Å². The van der Waals surface area contributed by atoms with Gasteiger partial charge in [-0.3, -0.25) is 0 Å². The zero-order valence-electron chi connectivity index (χ0n) is 15.3. The van der Waals surface area contributed by atoms with Crippen molar-refractivity contribution in [1.29, 1.82) is 0 Å². The second-order valence-corrected chi connectivity index (χ2v) is 6.89. The summed E-state index contributed by atoms with van der Waals surface area (Å²) in [6.07, 6.45) is 10.8. The van der Waals surface area contributed by atoms with Gasteiger partial charge in [-0.2, -0.15) is 0 Å². The molecule has 2 aromatic rings. The zero-order chi connectivity index (χ0) is 17.5. The van der Waals surface area contributed by atoms with Crippen molar-refractivity contribution in [2.45, 2.75) is 45.6 Å². The Balaban J connectivity index is 1.75. The highest BCUT2D eigenvalue weighted by Gasteiger charge is 2.19. The van der Waals surface area contributed by atoms with Crippen molar-refractivity contribution in [2.24, 2.45) is 5.92 Å². The number of benzene rings is 2. The van der Waals surface area contributed by atoms with Gasteiger partial charge >= 0.3 is 0 Å². The molecule has 0 spiro atoms. The van der Waals surface area contributed by atoms with Gasteiger partial charge in [0.1, 0.15) is 0 Å². The highest BCUT2D eigenvalue weighted by atomic mass is 15.1. The third-order valence-electron chi connectivity index (χ3n) is 5.24. The van der Waals surface area contributed by atoms with Crippen molar-refractivity contribution in [3.8, 4) is 11.1 Å². The molecule has 3 rings (SSSR count). The van der Waals surface area contributed by atoms with Crippen LogP contribution in [0.4, 0.5) is 0 Å². The first-order chi connectivity index (χ1) is 12.3. The summed E-state index contributed by atoms with van der Waals surface area (Å²) in [6.45, 7) is 7.29. The van der Waals surface area contributed by atoms with E-state index < -0.39 is 0 Å². The van der Waals surface area contributed by atoms with E-state index in [2.05, 4.69) is 79.1 Å². The molecule has 0 N–H and O–H groups in total. The molecule has 0 radical (unpaired) electrons. The maximum Gasteiger partial charge on any atom is 0.0472 e. The fraction of sp³-hybridized carbons (Fsp3) is 0.333. The third-order valence-corrected chi connectivity index (χ3v) is 5.24. The van der Waals surface area contributed by atoms with Crippen LogP contribution in [-0.4, -0.2) is 4.90 Å². The SMILES string of the molecule is C=CN(Cc1ccc(-c2ccccc2)cc1)C1=CCCCCC1CC. The first-order valence-electron chi connectivity index (χ1n) is 9.55. The molecule has 0 saturated carbocycles. The number of rotatable bonds is 6. The summed E-state index contributed by atoms with van der Waals surface area (Å²) in [5.41, 5.74) is 5.35. The lowest BCUT2D eigenvalue weighted by molar-refractivity contribution is 0.367. The highest BCUT2D eigenvalue weighted by Crippen LogP contribution is 2.30. The van der Waals surface area contributed by atoms with Gasteiger partial charge in [-0.1, -0.05) is 80.6 Å². The van der Waals surface area contributed by atoms with E-state index in [1.54, 1.807) is 0 Å². The minimum Gasteiger partial charge on any atom is -0.348 e. The Morgan fingerprint density at radius 1 is 1.00 bits per heavy atom. The van der Waals surface area contributed by atoms with Crippen molar-refractivity contribution in [1.82, 2.24) is 4.90 Å². The van der Waals surface area contributed by atoms with Gasteiger partial charge in [0.2, 0.25) is 0 Å². The van der Waals surface area contributed by atoms with Crippen LogP contribution in [0, 0.1) is 5.92 Å². The van der Waals surface area contributed by atoms with Crippen LogP contribution in [0.25, 0.3) is 11.1 Å². The molecule has 1 heteroatoms. The number of allylic oxidation sites excluding steroid dienone is 2. The normalized spacial score (nSPS) is 17.5. The van der Waals surface area contributed by atoms with Crippen LogP contribution in [0.3, 0.4) is 0 Å². The molecule has 1 atom stereocenters. The van der Waals surface area contributed by atoms with E-state index >= 15 is 0 Å². The van der Waals surface area contributed by atoms with Crippen molar-refractivity contribution in [3.63, 3.8) is 0 Å². The molecular formula is C24H29N. The maximum atomic E-state index is 4.08. The standard InChI is InChI=1S/C24H29N/c1-3-21-11-7-6-10-14-24(21)25(4-2)19-20-15-17-23(18-16-20)22-12-8-5-9-13-22/h4-5,8-9,12-18,21H,2-3,6-7,10-11,19H2,1H3. The van der Waals surface area contributed by atoms with Crippen LogP contribution in [-0.2, 0) is 6.54 Å². The van der Waals surface area contributed by atoms with Gasteiger partial charge in [-0.05, 0) is 54.5 Å². The molecule has 0 aromatic heterocycles. The minimum absolute atomic E-state index is 0.670. The second-order valence-electron chi connectivity index (χ2n) is 6.89. The van der Waals surface area contributed by atoms with E-state index in [1.807, 2.05) is 6.20 Å². The fourth-order valence-corrected chi connectivity index (χ4v) is 3.76. The molecule has 1 nitrogen and oxygen atoms in total. The van der Waals surface area contributed by atoms with Gasteiger partial charge in [0.15, 0.2) is 0 Å². The topological polar surface area (TPSA) is 3.24 Å². The minimum atomic E-state index is 0.670. The van der Waals surface area contributed by atoms with E-state index in [0.717, 1.165) is 6.54 Å². The molecule has 0 bridgehead atoms. The summed E-state index contributed by atoms with van der Waals surface area (Å²) in [7, 11) is 0. The molecule has 1 aliphatic rings. The van der Waals surface area contributed by atoms with E-state index in [0.29, 0.717) is 5.92 Å². The van der Waals surface area contributed by atoms with E-state index in [1.165, 1.54) is 54.5 Å². The lowest BCUT2D eigenvalue weighted by Gasteiger charge is -2.29. The average molecular weight is 332 g/mol. The Labute approximate surface area is 152 Å². The van der Waals surface area contributed by atoms with Crippen molar-refractivity contribution in [2.75, 3.05) is 0 Å². The van der Waals surface area contributed by atoms with Gasteiger partial charge in [0.25, 0.3) is 0 Å². The van der Waals surface area contributed by atoms with Crippen molar-refractivity contribution in [3.05, 3.63) is 84.7 Å². The summed E-state index contributed by atoms with van der Waals surface area (Å²) in [5, 5.41) is 0. The largest absolute Gasteiger partial charge is 0.348 e. The Morgan fingerprint density at radius 2 is 1.72 bits per heavy atom. The molecular weight excluding hydrogens is 302 g/mol. The quantitative estimate of drug-likeness (QED) is 0.563. The van der Waals surface area contributed by atoms with E-state index in [-0.39, 0.29) is 0 Å². The highest BCUT2D eigenvalue weighted by molar-refractivity contribution is 5.63. The van der Waals surface area contributed by atoms with Crippen LogP contribution >= 0.6 is 0 Å². The smallest absolute Gasteiger partial charge is 0.0472 e. The molecule has 0 amide bonds. The monoisotopic (exact) mass is 331 g/mol. The van der Waals surface area contributed by atoms with Gasteiger partial charge in [0.05, 0.1) is 0 Å². The molecule has 0 fully saturated rings. The summed E-state index contributed by atoms with van der Waals surface area (Å²) < 4.78 is 0. The number of nitrogens with zero attached hydrogens (tertiary/aromatic N) is 1. The molecule has 130 valence electrons. The van der Waals surface area contributed by atoms with E-state index in [4.69, 9.17) is 0 Å². The summed E-state index contributed by atoms with van der Waals surface area (Å²) in [5.74, 6) is 0.670. The Kier molecular flexibility index (Phi) is 6.11. The summed E-state index contributed by atoms with van der Waals surface area (Å²) >= 11 is 0. The van der Waals surface area contributed by atoms with Crippen molar-refractivity contribution < 1.29 is 0 Å². The molecule has 1 aliphatic carbocycles. The fourth-order valence-electron chi connectivity index (χ4n) is 3.76. The van der Waals surface area contributed by atoms with Crippen LogP contribution in [0.15, 0.2) is 79.1 Å². The van der Waals surface area contributed by atoms with Gasteiger partial charge in [-0.25, -0.2) is 0 Å². The maximum absolute atomic E-state index is 4.08. The Bertz CT molecular complexity index is 697. The summed E-state index contributed by atoms with van der Waals surface area (Å²) in [4.78, 5) is 2.36. The first-order valence-corrected chi connectivity index (χ1v) is 9.55. The Hall–Kier alpha value is -2.28. The van der Waals surface area contributed by atoms with Crippen LogP contribution < -0.4 is 0 Å². The molecule has 0 aliphatic heterocycles. The Morgan fingerprint density at radius 3 is 2.40 bits per heavy atom. The number of hydrogen-bond acceptors (Lipinski definition) is 1. The van der Waals surface area contributed by atoms with Crippen LogP contribution in [0.5, 0.6) is 0 Å². The lowest BCUT2D eigenvalue weighted by Crippen LogP contribution is -2.21. The van der Waals surface area contributed by atoms with E-state index in [9.17, 15) is 0 Å². The van der Waals surface area contributed by atoms with Crippen LogP contribution in [0.1, 0.15) is 44.6 Å².